The van der Waals surface area contributed by atoms with Gasteiger partial charge in [0.1, 0.15) is 36.1 Å². The first-order chi connectivity index (χ1) is 29.6. The zero-order chi connectivity index (χ0) is 42.8. The minimum Gasteiger partial charge on any atom is -0.488 e. The van der Waals surface area contributed by atoms with Gasteiger partial charge in [-0.2, -0.15) is 0 Å². The summed E-state index contributed by atoms with van der Waals surface area (Å²) in [6, 6.07) is 21.8. The molecule has 15 heteroatoms. The first-order valence-electron chi connectivity index (χ1n) is 20.7. The van der Waals surface area contributed by atoms with E-state index in [1.54, 1.807) is 23.2 Å². The van der Waals surface area contributed by atoms with E-state index in [9.17, 15) is 19.2 Å². The number of carbonyl (C=O) groups is 4. The predicted octanol–water partition coefficient (Wildman–Crippen LogP) is 7.55. The average molecular weight is 827 g/mol. The number of hydrogen-bond acceptors (Lipinski definition) is 9. The summed E-state index contributed by atoms with van der Waals surface area (Å²) < 4.78 is 16.0. The summed E-state index contributed by atoms with van der Waals surface area (Å²) in [6.45, 7) is 7.43. The summed E-state index contributed by atoms with van der Waals surface area (Å²) in [5.41, 5.74) is 7.13. The van der Waals surface area contributed by atoms with Crippen LogP contribution in [0.15, 0.2) is 79.0 Å². The first kappa shape index (κ1) is 40.9. The van der Waals surface area contributed by atoms with Gasteiger partial charge in [0.15, 0.2) is 0 Å². The van der Waals surface area contributed by atoms with Crippen LogP contribution in [0.5, 0.6) is 5.75 Å². The van der Waals surface area contributed by atoms with E-state index in [1.807, 2.05) is 49.9 Å². The molecule has 3 atom stereocenters. The number of amides is 4. The minimum atomic E-state index is -0.917. The molecule has 4 N–H and O–H groups in total. The first-order valence-corrected chi connectivity index (χ1v) is 20.7. The Morgan fingerprint density at radius 1 is 0.951 bits per heavy atom. The normalized spacial score (nSPS) is 15.4. The van der Waals surface area contributed by atoms with Gasteiger partial charge in [0, 0.05) is 24.0 Å². The number of rotatable bonds is 12. The topological polar surface area (TPSA) is 184 Å². The summed E-state index contributed by atoms with van der Waals surface area (Å²) in [6.07, 6.45) is 2.74. The van der Waals surface area contributed by atoms with Crippen LogP contribution in [0.4, 0.5) is 9.59 Å². The molecule has 2 aromatic heterocycles. The van der Waals surface area contributed by atoms with E-state index in [1.165, 1.54) is 14.2 Å². The number of benzene rings is 4. The number of aromatic amines is 2. The fourth-order valence-electron chi connectivity index (χ4n) is 8.42. The third-order valence-corrected chi connectivity index (χ3v) is 11.5. The zero-order valence-corrected chi connectivity index (χ0v) is 34.9. The SMILES string of the molecule is CCCN(Cc1ncc(-c2ccc3c(c2)COc2cc4c(ccc5[nH]c([C@@H]6CCCN6C(=O)[C@@H](NC(=O)OC)C(C)C)nc54)cc2-3)[nH]1)C(=O)[C@H](NC(=O)OC)c1ccccc1. The van der Waals surface area contributed by atoms with Gasteiger partial charge in [-0.1, -0.05) is 69.3 Å². The van der Waals surface area contributed by atoms with Crippen molar-refractivity contribution >= 4 is 45.8 Å². The molecular formula is C46H50N8O7. The minimum absolute atomic E-state index is 0.127. The maximum atomic E-state index is 13.9. The number of methoxy groups -OCH3 is 2. The maximum absolute atomic E-state index is 13.9. The molecule has 15 nitrogen and oxygen atoms in total. The van der Waals surface area contributed by atoms with Gasteiger partial charge < -0.3 is 44.6 Å². The molecule has 316 valence electrons. The number of carbonyl (C=O) groups excluding carboxylic acids is 4. The van der Waals surface area contributed by atoms with Crippen molar-refractivity contribution in [2.75, 3.05) is 27.3 Å². The molecule has 0 unspecified atom stereocenters. The second kappa shape index (κ2) is 17.4. The molecule has 0 saturated carbocycles. The fraction of sp³-hybridized carbons (Fsp3) is 0.348. The summed E-state index contributed by atoms with van der Waals surface area (Å²) in [5.74, 6) is 1.54. The highest BCUT2D eigenvalue weighted by Gasteiger charge is 2.38. The van der Waals surface area contributed by atoms with E-state index in [0.29, 0.717) is 43.3 Å². The number of hydrogen-bond donors (Lipinski definition) is 4. The lowest BCUT2D eigenvalue weighted by Crippen LogP contribution is -2.51. The van der Waals surface area contributed by atoms with Gasteiger partial charge in [-0.3, -0.25) is 9.59 Å². The Hall–Kier alpha value is -6.90. The largest absolute Gasteiger partial charge is 0.488 e. The van der Waals surface area contributed by atoms with Crippen molar-refractivity contribution < 1.29 is 33.4 Å². The Balaban J connectivity index is 1.02. The van der Waals surface area contributed by atoms with Gasteiger partial charge in [-0.25, -0.2) is 19.6 Å². The number of nitrogens with zero attached hydrogens (tertiary/aromatic N) is 4. The van der Waals surface area contributed by atoms with Gasteiger partial charge >= 0.3 is 12.2 Å². The zero-order valence-electron chi connectivity index (χ0n) is 34.9. The maximum Gasteiger partial charge on any atom is 0.407 e. The smallest absolute Gasteiger partial charge is 0.407 e. The van der Waals surface area contributed by atoms with Crippen LogP contribution in [-0.2, 0) is 32.2 Å². The van der Waals surface area contributed by atoms with E-state index in [2.05, 4.69) is 62.0 Å². The molecule has 8 rings (SSSR count). The van der Waals surface area contributed by atoms with E-state index in [4.69, 9.17) is 19.2 Å². The number of ether oxygens (including phenoxy) is 3. The van der Waals surface area contributed by atoms with Gasteiger partial charge in [-0.15, -0.1) is 0 Å². The van der Waals surface area contributed by atoms with Crippen LogP contribution in [0.25, 0.3) is 44.2 Å². The number of nitrogens with one attached hydrogen (secondary N) is 4. The highest BCUT2D eigenvalue weighted by molar-refractivity contribution is 6.07. The third kappa shape index (κ3) is 8.19. The van der Waals surface area contributed by atoms with Crippen molar-refractivity contribution in [1.82, 2.24) is 40.4 Å². The van der Waals surface area contributed by atoms with Crippen LogP contribution in [-0.4, -0.2) is 87.1 Å². The van der Waals surface area contributed by atoms with Gasteiger partial charge in [0.25, 0.3) is 0 Å². The Kier molecular flexibility index (Phi) is 11.6. The second-order valence-corrected chi connectivity index (χ2v) is 15.8. The standard InChI is InChI=1S/C46H50N8O7/c1-6-18-53(43(55)40(52-46(58)60-5)27-11-8-7-9-12-27)24-38-47-23-35(48-38)29-14-16-31-30(20-29)25-61-37-22-32-28(21-33(31)37)15-17-34-41(32)50-42(49-34)36-13-10-19-54(36)44(56)39(26(2)3)51-45(57)59-4/h7-9,11-12,14-17,20-23,26,36,39-40H,6,10,13,18-19,24-25H2,1-5H3,(H,47,48)(H,49,50)(H,51,57)(H,52,58)/t36-,39-,40+/m0/s1. The number of likely N-dealkylation sites (tertiary alicyclic amines) is 1. The molecule has 4 amide bonds. The van der Waals surface area contributed by atoms with Gasteiger partial charge in [-0.05, 0) is 77.1 Å². The molecule has 0 spiro atoms. The molecule has 0 bridgehead atoms. The number of imidazole rings is 2. The summed E-state index contributed by atoms with van der Waals surface area (Å²) in [7, 11) is 2.56. The van der Waals surface area contributed by atoms with Crippen LogP contribution >= 0.6 is 0 Å². The molecule has 2 aliphatic rings. The molecule has 4 aromatic carbocycles. The van der Waals surface area contributed by atoms with Gasteiger partial charge in [0.05, 0.1) is 49.7 Å². The van der Waals surface area contributed by atoms with Crippen LogP contribution in [0.2, 0.25) is 0 Å². The number of fused-ring (bicyclic) bond motifs is 6. The Morgan fingerprint density at radius 3 is 2.49 bits per heavy atom. The molecule has 1 fully saturated rings. The fourth-order valence-corrected chi connectivity index (χ4v) is 8.42. The summed E-state index contributed by atoms with van der Waals surface area (Å²) in [5, 5.41) is 7.36. The van der Waals surface area contributed by atoms with E-state index >= 15 is 0 Å². The number of H-pyrrole nitrogens is 2. The summed E-state index contributed by atoms with van der Waals surface area (Å²) >= 11 is 0. The highest BCUT2D eigenvalue weighted by Crippen LogP contribution is 2.43. The Labute approximate surface area is 353 Å². The quantitative estimate of drug-likeness (QED) is 0.0968. The van der Waals surface area contributed by atoms with Crippen molar-refractivity contribution in [2.24, 2.45) is 5.92 Å². The lowest BCUT2D eigenvalue weighted by atomic mass is 9.92. The van der Waals surface area contributed by atoms with Crippen molar-refractivity contribution in [3.05, 3.63) is 102 Å². The van der Waals surface area contributed by atoms with Crippen molar-refractivity contribution in [3.63, 3.8) is 0 Å². The Morgan fingerprint density at radius 2 is 1.74 bits per heavy atom. The van der Waals surface area contributed by atoms with Crippen molar-refractivity contribution in [3.8, 4) is 28.1 Å². The van der Waals surface area contributed by atoms with Gasteiger partial charge in [0.2, 0.25) is 11.8 Å². The molecule has 2 aliphatic heterocycles. The van der Waals surface area contributed by atoms with Crippen LogP contribution < -0.4 is 15.4 Å². The van der Waals surface area contributed by atoms with Crippen LogP contribution in [0.1, 0.15) is 74.9 Å². The van der Waals surface area contributed by atoms with E-state index < -0.39 is 24.3 Å². The molecule has 61 heavy (non-hydrogen) atoms. The molecule has 0 aliphatic carbocycles. The number of alkyl carbamates (subject to hydrolysis) is 2. The predicted molar refractivity (Wildman–Crippen MR) is 229 cm³/mol. The molecule has 4 heterocycles. The lowest BCUT2D eigenvalue weighted by molar-refractivity contribution is -0.135. The van der Waals surface area contributed by atoms with Crippen LogP contribution in [0.3, 0.4) is 0 Å². The van der Waals surface area contributed by atoms with E-state index in [0.717, 1.165) is 68.3 Å². The third-order valence-electron chi connectivity index (χ3n) is 11.5. The molecular weight excluding hydrogens is 777 g/mol. The molecule has 6 aromatic rings. The lowest BCUT2D eigenvalue weighted by Gasteiger charge is -2.29. The van der Waals surface area contributed by atoms with Crippen LogP contribution in [0, 0.1) is 5.92 Å². The Bertz CT molecular complexity index is 2600. The molecule has 0 radical (unpaired) electrons. The monoisotopic (exact) mass is 826 g/mol. The highest BCUT2D eigenvalue weighted by atomic mass is 16.5. The van der Waals surface area contributed by atoms with E-state index in [-0.39, 0.29) is 30.3 Å². The molecule has 1 saturated heterocycles. The average Bonchev–Trinajstić information content (AvgIpc) is 4.06. The van der Waals surface area contributed by atoms with Crippen molar-refractivity contribution in [2.45, 2.75) is 71.3 Å². The second-order valence-electron chi connectivity index (χ2n) is 15.8. The number of aromatic nitrogens is 4. The summed E-state index contributed by atoms with van der Waals surface area (Å²) in [4.78, 5) is 72.1. The van der Waals surface area contributed by atoms with Crippen molar-refractivity contribution in [1.29, 1.82) is 0 Å².